The number of aryl methyl sites for hydroxylation is 1. The van der Waals surface area contributed by atoms with Gasteiger partial charge in [-0.1, -0.05) is 17.7 Å². The predicted octanol–water partition coefficient (Wildman–Crippen LogP) is 3.86. The van der Waals surface area contributed by atoms with Crippen molar-refractivity contribution in [3.63, 3.8) is 0 Å². The zero-order valence-electron chi connectivity index (χ0n) is 13.6. The van der Waals surface area contributed by atoms with E-state index in [9.17, 15) is 9.18 Å². The minimum absolute atomic E-state index is 0.0307. The second kappa shape index (κ2) is 7.88. The van der Waals surface area contributed by atoms with Gasteiger partial charge in [0.2, 0.25) is 5.91 Å². The third-order valence-electron chi connectivity index (χ3n) is 3.39. The summed E-state index contributed by atoms with van der Waals surface area (Å²) in [6.07, 6.45) is 0. The highest BCUT2D eigenvalue weighted by Crippen LogP contribution is 2.35. The first-order valence-corrected chi connectivity index (χ1v) is 7.53. The van der Waals surface area contributed by atoms with Crippen molar-refractivity contribution < 1.29 is 18.7 Å². The Morgan fingerprint density at radius 2 is 1.83 bits per heavy atom. The first kappa shape index (κ1) is 17.9. The second-order valence-electron chi connectivity index (χ2n) is 5.05. The summed E-state index contributed by atoms with van der Waals surface area (Å²) >= 11 is 6.03. The van der Waals surface area contributed by atoms with E-state index in [4.69, 9.17) is 21.1 Å². The summed E-state index contributed by atoms with van der Waals surface area (Å²) in [6.45, 7) is 1.76. The molecule has 0 radical (unpaired) electrons. The van der Waals surface area contributed by atoms with Crippen LogP contribution in [0.25, 0.3) is 0 Å². The minimum Gasteiger partial charge on any atom is -0.495 e. The first-order valence-electron chi connectivity index (χ1n) is 7.16. The topological polar surface area (TPSA) is 59.6 Å². The molecule has 0 atom stereocenters. The molecule has 0 saturated heterocycles. The summed E-state index contributed by atoms with van der Waals surface area (Å²) in [7, 11) is 3.00. The van der Waals surface area contributed by atoms with Gasteiger partial charge in [0.05, 0.1) is 31.5 Å². The van der Waals surface area contributed by atoms with Crippen molar-refractivity contribution in [2.45, 2.75) is 6.92 Å². The number of ether oxygens (including phenoxy) is 2. The number of halogens is 2. The molecular formula is C17H18ClFN2O3. The molecule has 2 aromatic carbocycles. The number of methoxy groups -OCH3 is 2. The standard InChI is InChI=1S/C17H18ClFN2O3/c1-10-4-5-11(19)6-13(10)21-17(22)9-20-14-8-15(23-2)12(18)7-16(14)24-3/h4-8,20H,9H2,1-3H3,(H,21,22). The number of hydrogen-bond donors (Lipinski definition) is 2. The zero-order chi connectivity index (χ0) is 17.7. The van der Waals surface area contributed by atoms with Gasteiger partial charge in [0.1, 0.15) is 17.3 Å². The van der Waals surface area contributed by atoms with Crippen molar-refractivity contribution in [2.24, 2.45) is 0 Å². The van der Waals surface area contributed by atoms with Crippen LogP contribution in [-0.2, 0) is 4.79 Å². The van der Waals surface area contributed by atoms with Gasteiger partial charge < -0.3 is 20.1 Å². The smallest absolute Gasteiger partial charge is 0.243 e. The van der Waals surface area contributed by atoms with Crippen molar-refractivity contribution in [3.05, 3.63) is 46.7 Å². The molecule has 128 valence electrons. The van der Waals surface area contributed by atoms with E-state index < -0.39 is 5.82 Å². The van der Waals surface area contributed by atoms with Gasteiger partial charge in [0.15, 0.2) is 0 Å². The molecule has 2 rings (SSSR count). The van der Waals surface area contributed by atoms with Crippen LogP contribution in [-0.4, -0.2) is 26.7 Å². The lowest BCUT2D eigenvalue weighted by molar-refractivity contribution is -0.114. The number of carbonyl (C=O) groups is 1. The van der Waals surface area contributed by atoms with Crippen LogP contribution in [0.5, 0.6) is 11.5 Å². The number of nitrogens with one attached hydrogen (secondary N) is 2. The van der Waals surface area contributed by atoms with E-state index in [1.54, 1.807) is 25.1 Å². The Balaban J connectivity index is 2.07. The number of hydrogen-bond acceptors (Lipinski definition) is 4. The van der Waals surface area contributed by atoms with Gasteiger partial charge in [-0.15, -0.1) is 0 Å². The van der Waals surface area contributed by atoms with Gasteiger partial charge >= 0.3 is 0 Å². The van der Waals surface area contributed by atoms with E-state index in [1.807, 2.05) is 0 Å². The van der Waals surface area contributed by atoms with Crippen molar-refractivity contribution in [1.82, 2.24) is 0 Å². The molecule has 2 aromatic rings. The summed E-state index contributed by atoms with van der Waals surface area (Å²) in [5.74, 6) is 0.213. The van der Waals surface area contributed by atoms with Crippen LogP contribution in [0.4, 0.5) is 15.8 Å². The lowest BCUT2D eigenvalue weighted by Gasteiger charge is -2.14. The molecule has 1 amide bonds. The molecule has 24 heavy (non-hydrogen) atoms. The van der Waals surface area contributed by atoms with Crippen molar-refractivity contribution in [2.75, 3.05) is 31.4 Å². The average molecular weight is 353 g/mol. The summed E-state index contributed by atoms with van der Waals surface area (Å²) < 4.78 is 23.6. The van der Waals surface area contributed by atoms with E-state index in [0.29, 0.717) is 27.9 Å². The summed E-state index contributed by atoms with van der Waals surface area (Å²) in [5.41, 5.74) is 1.77. The maximum absolute atomic E-state index is 13.3. The molecule has 0 aliphatic carbocycles. The molecule has 0 heterocycles. The van der Waals surface area contributed by atoms with Crippen LogP contribution in [0.15, 0.2) is 30.3 Å². The highest BCUT2D eigenvalue weighted by atomic mass is 35.5. The molecule has 0 saturated carbocycles. The SMILES string of the molecule is COc1cc(NCC(=O)Nc2cc(F)ccc2C)c(OC)cc1Cl. The Labute approximate surface area is 144 Å². The lowest BCUT2D eigenvalue weighted by Crippen LogP contribution is -2.22. The van der Waals surface area contributed by atoms with E-state index in [1.165, 1.54) is 26.4 Å². The normalized spacial score (nSPS) is 10.2. The van der Waals surface area contributed by atoms with Gasteiger partial charge in [-0.2, -0.15) is 0 Å². The molecule has 0 bridgehead atoms. The second-order valence-corrected chi connectivity index (χ2v) is 5.46. The predicted molar refractivity (Wildman–Crippen MR) is 92.8 cm³/mol. The van der Waals surface area contributed by atoms with Crippen LogP contribution < -0.4 is 20.1 Å². The Morgan fingerprint density at radius 1 is 1.12 bits per heavy atom. The number of rotatable bonds is 6. The maximum atomic E-state index is 13.3. The van der Waals surface area contributed by atoms with Crippen LogP contribution in [0, 0.1) is 12.7 Å². The number of anilines is 2. The molecule has 0 fully saturated rings. The summed E-state index contributed by atoms with van der Waals surface area (Å²) in [5, 5.41) is 6.01. The number of amides is 1. The monoisotopic (exact) mass is 352 g/mol. The number of carbonyl (C=O) groups excluding carboxylic acids is 1. The van der Waals surface area contributed by atoms with Crippen LogP contribution in [0.3, 0.4) is 0 Å². The molecule has 5 nitrogen and oxygen atoms in total. The van der Waals surface area contributed by atoms with Crippen LogP contribution in [0.2, 0.25) is 5.02 Å². The quantitative estimate of drug-likeness (QED) is 0.829. The molecule has 0 unspecified atom stereocenters. The van der Waals surface area contributed by atoms with E-state index in [2.05, 4.69) is 10.6 Å². The lowest BCUT2D eigenvalue weighted by atomic mass is 10.2. The highest BCUT2D eigenvalue weighted by Gasteiger charge is 2.12. The third kappa shape index (κ3) is 4.29. The van der Waals surface area contributed by atoms with Crippen molar-refractivity contribution >= 4 is 28.9 Å². The molecule has 7 heteroatoms. The van der Waals surface area contributed by atoms with Crippen molar-refractivity contribution in [3.8, 4) is 11.5 Å². The summed E-state index contributed by atoms with van der Waals surface area (Å²) in [6, 6.07) is 7.46. The highest BCUT2D eigenvalue weighted by molar-refractivity contribution is 6.32. The van der Waals surface area contributed by atoms with Gasteiger partial charge in [-0.3, -0.25) is 4.79 Å². The average Bonchev–Trinajstić information content (AvgIpc) is 2.56. The fourth-order valence-corrected chi connectivity index (χ4v) is 2.33. The number of benzene rings is 2. The summed E-state index contributed by atoms with van der Waals surface area (Å²) in [4.78, 5) is 12.1. The third-order valence-corrected chi connectivity index (χ3v) is 3.68. The largest absolute Gasteiger partial charge is 0.495 e. The minimum atomic E-state index is -0.409. The molecule has 0 aromatic heterocycles. The fourth-order valence-electron chi connectivity index (χ4n) is 2.10. The molecular weight excluding hydrogens is 335 g/mol. The van der Waals surface area contributed by atoms with Crippen molar-refractivity contribution in [1.29, 1.82) is 0 Å². The van der Waals surface area contributed by atoms with Gasteiger partial charge in [-0.05, 0) is 24.6 Å². The van der Waals surface area contributed by atoms with Crippen LogP contribution in [0.1, 0.15) is 5.56 Å². The molecule has 0 aliphatic rings. The Hall–Kier alpha value is -2.47. The molecule has 0 spiro atoms. The van der Waals surface area contributed by atoms with Gasteiger partial charge in [-0.25, -0.2) is 4.39 Å². The van der Waals surface area contributed by atoms with Gasteiger partial charge in [0, 0.05) is 17.8 Å². The molecule has 0 aliphatic heterocycles. The maximum Gasteiger partial charge on any atom is 0.243 e. The first-order chi connectivity index (χ1) is 11.4. The van der Waals surface area contributed by atoms with Gasteiger partial charge in [0.25, 0.3) is 0 Å². The Kier molecular flexibility index (Phi) is 5.87. The van der Waals surface area contributed by atoms with E-state index >= 15 is 0 Å². The zero-order valence-corrected chi connectivity index (χ0v) is 14.3. The van der Waals surface area contributed by atoms with E-state index in [-0.39, 0.29) is 12.5 Å². The molecule has 2 N–H and O–H groups in total. The fraction of sp³-hybridized carbons (Fsp3) is 0.235. The van der Waals surface area contributed by atoms with E-state index in [0.717, 1.165) is 5.56 Å². The Morgan fingerprint density at radius 3 is 2.50 bits per heavy atom. The Bertz CT molecular complexity index is 753. The van der Waals surface area contributed by atoms with Crippen LogP contribution >= 0.6 is 11.6 Å².